The molecule has 3 rings (SSSR count). The number of aromatic nitrogens is 2. The van der Waals surface area contributed by atoms with Crippen molar-refractivity contribution in [1.82, 2.24) is 9.97 Å². The summed E-state index contributed by atoms with van der Waals surface area (Å²) in [7, 11) is 1.75. The number of pyridine rings is 2. The number of ether oxygens (including phenoxy) is 1. The van der Waals surface area contributed by atoms with Gasteiger partial charge in [0.15, 0.2) is 0 Å². The number of anilines is 2. The first-order chi connectivity index (χ1) is 13.0. The quantitative estimate of drug-likeness (QED) is 0.544. The molecule has 0 bridgehead atoms. The zero-order valence-corrected chi connectivity index (χ0v) is 16.8. The summed E-state index contributed by atoms with van der Waals surface area (Å²) >= 11 is 12.6. The number of halogens is 2. The maximum absolute atomic E-state index is 6.38. The molecule has 0 radical (unpaired) electrons. The Bertz CT molecular complexity index is 1000. The van der Waals surface area contributed by atoms with Crippen molar-refractivity contribution in [3.63, 3.8) is 0 Å². The number of rotatable bonds is 6. The molecule has 7 heteroatoms. The van der Waals surface area contributed by atoms with Crippen LogP contribution in [0.1, 0.15) is 18.2 Å². The zero-order chi connectivity index (χ0) is 19.4. The van der Waals surface area contributed by atoms with Gasteiger partial charge in [-0.1, -0.05) is 41.4 Å². The van der Waals surface area contributed by atoms with Gasteiger partial charge in [-0.25, -0.2) is 9.97 Å². The molecule has 2 aromatic heterocycles. The lowest BCUT2D eigenvalue weighted by Crippen LogP contribution is -2.03. The zero-order valence-electron chi connectivity index (χ0n) is 15.3. The van der Waals surface area contributed by atoms with Crippen LogP contribution in [-0.4, -0.2) is 17.0 Å². The van der Waals surface area contributed by atoms with E-state index in [1.54, 1.807) is 13.2 Å². The van der Waals surface area contributed by atoms with Crippen molar-refractivity contribution in [2.45, 2.75) is 20.5 Å². The van der Waals surface area contributed by atoms with Gasteiger partial charge in [0, 0.05) is 35.6 Å². The van der Waals surface area contributed by atoms with E-state index in [9.17, 15) is 0 Å². The number of hydrogen-bond donors (Lipinski definition) is 2. The lowest BCUT2D eigenvalue weighted by atomic mass is 10.1. The Morgan fingerprint density at radius 1 is 1.26 bits per heavy atom. The fourth-order valence-corrected chi connectivity index (χ4v) is 3.27. The van der Waals surface area contributed by atoms with E-state index in [1.165, 1.54) is 0 Å². The van der Waals surface area contributed by atoms with Crippen molar-refractivity contribution in [3.8, 4) is 5.75 Å². The number of para-hydroxylation sites is 1. The third-order valence-electron chi connectivity index (χ3n) is 4.01. The summed E-state index contributed by atoms with van der Waals surface area (Å²) < 4.78 is 6.05. The van der Waals surface area contributed by atoms with Crippen molar-refractivity contribution in [2.24, 2.45) is 0 Å². The van der Waals surface area contributed by atoms with E-state index in [1.807, 2.05) is 50.4 Å². The van der Waals surface area contributed by atoms with Gasteiger partial charge in [0.2, 0.25) is 0 Å². The van der Waals surface area contributed by atoms with Crippen LogP contribution in [0.2, 0.25) is 10.0 Å². The van der Waals surface area contributed by atoms with Crippen LogP contribution < -0.4 is 15.4 Å². The van der Waals surface area contributed by atoms with Crippen molar-refractivity contribution in [1.29, 1.82) is 0 Å². The third kappa shape index (κ3) is 4.10. The van der Waals surface area contributed by atoms with Crippen LogP contribution in [0.25, 0.3) is 10.9 Å². The van der Waals surface area contributed by atoms with Gasteiger partial charge >= 0.3 is 0 Å². The minimum Gasteiger partial charge on any atom is -0.487 e. The Kier molecular flexibility index (Phi) is 6.04. The maximum atomic E-state index is 6.38. The van der Waals surface area contributed by atoms with Gasteiger partial charge in [0.05, 0.1) is 10.0 Å². The molecular weight excluding hydrogens is 383 g/mol. The predicted octanol–water partition coefficient (Wildman–Crippen LogP) is 5.81. The van der Waals surface area contributed by atoms with Crippen LogP contribution in [0.5, 0.6) is 5.75 Å². The second-order valence-electron chi connectivity index (χ2n) is 5.89. The molecule has 5 nitrogen and oxygen atoms in total. The highest BCUT2D eigenvalue weighted by atomic mass is 35.5. The molecule has 140 valence electrons. The standard InChI is InChI=1S/C20H20Cl2N4O/c1-4-8-24-16-9-12(2)26-19-13(16)6-5-7-17(19)27-11-14-15(21)10-25-20(23-3)18(14)22/h4-10H,11H2,1-3H3,(H,23,25)(H,24,26)/b8-4-. The first kappa shape index (κ1) is 19.3. The van der Waals surface area contributed by atoms with Gasteiger partial charge in [-0.05, 0) is 32.2 Å². The summed E-state index contributed by atoms with van der Waals surface area (Å²) in [4.78, 5) is 8.81. The number of benzene rings is 1. The van der Waals surface area contributed by atoms with Gasteiger partial charge in [0.25, 0.3) is 0 Å². The lowest BCUT2D eigenvalue weighted by Gasteiger charge is -2.14. The Hall–Kier alpha value is -2.50. The van der Waals surface area contributed by atoms with Crippen molar-refractivity contribution in [2.75, 3.05) is 17.7 Å². The molecule has 2 N–H and O–H groups in total. The summed E-state index contributed by atoms with van der Waals surface area (Å²) in [5, 5.41) is 8.10. The van der Waals surface area contributed by atoms with Gasteiger partial charge in [0.1, 0.15) is 23.7 Å². The number of fused-ring (bicyclic) bond motifs is 1. The molecule has 0 fully saturated rings. The number of nitrogens with one attached hydrogen (secondary N) is 2. The fourth-order valence-electron chi connectivity index (χ4n) is 2.72. The molecule has 0 aliphatic rings. The highest BCUT2D eigenvalue weighted by molar-refractivity contribution is 6.37. The molecule has 0 aliphatic heterocycles. The normalized spacial score (nSPS) is 11.1. The maximum Gasteiger partial charge on any atom is 0.146 e. The van der Waals surface area contributed by atoms with E-state index in [4.69, 9.17) is 27.9 Å². The van der Waals surface area contributed by atoms with Crippen LogP contribution in [-0.2, 0) is 6.61 Å². The molecule has 0 unspecified atom stereocenters. The van der Waals surface area contributed by atoms with Crippen LogP contribution in [0, 0.1) is 6.92 Å². The van der Waals surface area contributed by atoms with Crippen LogP contribution >= 0.6 is 23.2 Å². The number of allylic oxidation sites excluding steroid dienone is 1. The summed E-state index contributed by atoms with van der Waals surface area (Å²) in [5.41, 5.74) is 3.32. The summed E-state index contributed by atoms with van der Waals surface area (Å²) in [6, 6.07) is 7.83. The summed E-state index contributed by atoms with van der Waals surface area (Å²) in [5.74, 6) is 1.22. The Morgan fingerprint density at radius 2 is 2.07 bits per heavy atom. The van der Waals surface area contributed by atoms with E-state index in [0.717, 1.165) is 22.3 Å². The van der Waals surface area contributed by atoms with E-state index in [0.29, 0.717) is 27.2 Å². The highest BCUT2D eigenvalue weighted by Gasteiger charge is 2.14. The Morgan fingerprint density at radius 3 is 2.81 bits per heavy atom. The van der Waals surface area contributed by atoms with Gasteiger partial charge < -0.3 is 15.4 Å². The molecule has 0 saturated carbocycles. The summed E-state index contributed by atoms with van der Waals surface area (Å²) in [6.07, 6.45) is 5.38. The van der Waals surface area contributed by atoms with Gasteiger partial charge in [-0.2, -0.15) is 0 Å². The number of hydrogen-bond acceptors (Lipinski definition) is 5. The largest absolute Gasteiger partial charge is 0.487 e. The van der Waals surface area contributed by atoms with Crippen LogP contribution in [0.15, 0.2) is 42.7 Å². The molecule has 0 saturated heterocycles. The summed E-state index contributed by atoms with van der Waals surface area (Å²) in [6.45, 7) is 4.12. The van der Waals surface area contributed by atoms with Crippen molar-refractivity contribution >= 4 is 45.6 Å². The monoisotopic (exact) mass is 402 g/mol. The topological polar surface area (TPSA) is 59.1 Å². The molecule has 1 aromatic carbocycles. The van der Waals surface area contributed by atoms with E-state index in [-0.39, 0.29) is 6.61 Å². The first-order valence-electron chi connectivity index (χ1n) is 8.46. The molecule has 27 heavy (non-hydrogen) atoms. The molecule has 0 aliphatic carbocycles. The van der Waals surface area contributed by atoms with Crippen molar-refractivity contribution < 1.29 is 4.74 Å². The second-order valence-corrected chi connectivity index (χ2v) is 6.68. The molecule has 0 spiro atoms. The molecule has 3 aromatic rings. The smallest absolute Gasteiger partial charge is 0.146 e. The first-order valence-corrected chi connectivity index (χ1v) is 9.22. The minimum atomic E-state index is 0.210. The minimum absolute atomic E-state index is 0.210. The highest BCUT2D eigenvalue weighted by Crippen LogP contribution is 2.33. The third-order valence-corrected chi connectivity index (χ3v) is 4.75. The molecule has 0 atom stereocenters. The Balaban J connectivity index is 1.98. The van der Waals surface area contributed by atoms with E-state index >= 15 is 0 Å². The number of aryl methyl sites for hydroxylation is 1. The average molecular weight is 403 g/mol. The van der Waals surface area contributed by atoms with Crippen LogP contribution in [0.3, 0.4) is 0 Å². The lowest BCUT2D eigenvalue weighted by molar-refractivity contribution is 0.309. The SMILES string of the molecule is C/C=C\Nc1cc(C)nc2c(OCc3c(Cl)cnc(NC)c3Cl)cccc12. The van der Waals surface area contributed by atoms with Gasteiger partial charge in [-0.15, -0.1) is 0 Å². The predicted molar refractivity (Wildman–Crippen MR) is 113 cm³/mol. The molecule has 0 amide bonds. The Labute approximate surface area is 168 Å². The van der Waals surface area contributed by atoms with E-state index < -0.39 is 0 Å². The van der Waals surface area contributed by atoms with Crippen LogP contribution in [0.4, 0.5) is 11.5 Å². The number of nitrogens with zero attached hydrogens (tertiary/aromatic N) is 2. The molecule has 2 heterocycles. The average Bonchev–Trinajstić information content (AvgIpc) is 2.66. The van der Waals surface area contributed by atoms with Gasteiger partial charge in [-0.3, -0.25) is 0 Å². The van der Waals surface area contributed by atoms with E-state index in [2.05, 4.69) is 20.6 Å². The molecular formula is C20H20Cl2N4O. The second kappa shape index (κ2) is 8.46. The van der Waals surface area contributed by atoms with Crippen molar-refractivity contribution in [3.05, 3.63) is 64.0 Å². The fraction of sp³-hybridized carbons (Fsp3) is 0.200.